The molecule has 114 valence electrons. The summed E-state index contributed by atoms with van der Waals surface area (Å²) in [5.41, 5.74) is 2.71. The maximum absolute atomic E-state index is 3.53. The van der Waals surface area contributed by atoms with Gasteiger partial charge in [0, 0.05) is 29.2 Å². The Kier molecular flexibility index (Phi) is 5.83. The van der Waals surface area contributed by atoms with E-state index in [-0.39, 0.29) is 0 Å². The summed E-state index contributed by atoms with van der Waals surface area (Å²) >= 11 is 1.83. The van der Waals surface area contributed by atoms with E-state index in [1.54, 1.807) is 0 Å². The van der Waals surface area contributed by atoms with Crippen molar-refractivity contribution in [1.82, 2.24) is 5.32 Å². The molecule has 0 saturated heterocycles. The largest absolute Gasteiger partial charge is 0.364 e. The Morgan fingerprint density at radius 3 is 2.43 bits per heavy atom. The molecule has 0 unspecified atom stereocenters. The van der Waals surface area contributed by atoms with Crippen molar-refractivity contribution in [1.29, 1.82) is 0 Å². The summed E-state index contributed by atoms with van der Waals surface area (Å²) < 4.78 is 0. The molecule has 0 aliphatic carbocycles. The molecule has 1 aromatic heterocycles. The van der Waals surface area contributed by atoms with Crippen molar-refractivity contribution in [3.05, 3.63) is 52.2 Å². The Morgan fingerprint density at radius 1 is 1.05 bits per heavy atom. The van der Waals surface area contributed by atoms with Crippen LogP contribution in [0.2, 0.25) is 0 Å². The van der Waals surface area contributed by atoms with Gasteiger partial charge in [0.15, 0.2) is 0 Å². The van der Waals surface area contributed by atoms with E-state index in [9.17, 15) is 0 Å². The zero-order valence-corrected chi connectivity index (χ0v) is 14.3. The van der Waals surface area contributed by atoms with Gasteiger partial charge in [-0.15, -0.1) is 11.3 Å². The Hall–Kier alpha value is -1.32. The van der Waals surface area contributed by atoms with Crippen LogP contribution in [0.3, 0.4) is 0 Å². The van der Waals surface area contributed by atoms with Crippen molar-refractivity contribution in [3.63, 3.8) is 0 Å². The molecule has 0 radical (unpaired) electrons. The van der Waals surface area contributed by atoms with Crippen molar-refractivity contribution < 1.29 is 0 Å². The summed E-state index contributed by atoms with van der Waals surface area (Å²) in [6.45, 7) is 10.8. The topological polar surface area (TPSA) is 15.3 Å². The number of hydrogen-bond acceptors (Lipinski definition) is 3. The van der Waals surface area contributed by atoms with Crippen molar-refractivity contribution in [3.8, 4) is 0 Å². The molecular weight excluding hydrogens is 276 g/mol. The van der Waals surface area contributed by atoms with E-state index in [1.165, 1.54) is 16.1 Å². The summed E-state index contributed by atoms with van der Waals surface area (Å²) in [5.74, 6) is 0. The van der Waals surface area contributed by atoms with Gasteiger partial charge in [-0.2, -0.15) is 0 Å². The first-order valence-corrected chi connectivity index (χ1v) is 8.56. The standard InChI is InChI=1S/C18H26N2S/c1-14(2)19-12-16-8-5-6-10-18(16)20(15(3)4)13-17-9-7-11-21-17/h5-11,14-15,19H,12-13H2,1-4H3. The van der Waals surface area contributed by atoms with Crippen LogP contribution in [0.25, 0.3) is 0 Å². The number of benzene rings is 1. The van der Waals surface area contributed by atoms with E-state index in [2.05, 4.69) is 79.7 Å². The molecule has 1 heterocycles. The summed E-state index contributed by atoms with van der Waals surface area (Å²) in [6.07, 6.45) is 0. The van der Waals surface area contributed by atoms with Gasteiger partial charge in [-0.05, 0) is 36.9 Å². The third-order valence-electron chi connectivity index (χ3n) is 3.53. The minimum absolute atomic E-state index is 0.479. The molecular formula is C18H26N2S. The molecule has 0 saturated carbocycles. The first kappa shape index (κ1) is 16.1. The van der Waals surface area contributed by atoms with Gasteiger partial charge in [0.25, 0.3) is 0 Å². The van der Waals surface area contributed by atoms with E-state index < -0.39 is 0 Å². The number of nitrogens with zero attached hydrogens (tertiary/aromatic N) is 1. The van der Waals surface area contributed by atoms with Gasteiger partial charge >= 0.3 is 0 Å². The minimum atomic E-state index is 0.479. The quantitative estimate of drug-likeness (QED) is 0.800. The highest BCUT2D eigenvalue weighted by molar-refractivity contribution is 7.09. The highest BCUT2D eigenvalue weighted by atomic mass is 32.1. The average molecular weight is 302 g/mol. The van der Waals surface area contributed by atoms with Crippen molar-refractivity contribution in [2.75, 3.05) is 4.90 Å². The Morgan fingerprint density at radius 2 is 1.81 bits per heavy atom. The average Bonchev–Trinajstić information content (AvgIpc) is 2.95. The SMILES string of the molecule is CC(C)NCc1ccccc1N(Cc1cccs1)C(C)C. The molecule has 1 N–H and O–H groups in total. The van der Waals surface area contributed by atoms with Gasteiger partial charge in [0.2, 0.25) is 0 Å². The molecule has 3 heteroatoms. The molecule has 1 aromatic carbocycles. The Bertz CT molecular complexity index is 532. The normalized spacial score (nSPS) is 11.3. The number of para-hydroxylation sites is 1. The van der Waals surface area contributed by atoms with Gasteiger partial charge in [0.05, 0.1) is 6.54 Å². The highest BCUT2D eigenvalue weighted by Gasteiger charge is 2.15. The summed E-state index contributed by atoms with van der Waals surface area (Å²) in [4.78, 5) is 3.90. The lowest BCUT2D eigenvalue weighted by molar-refractivity contribution is 0.585. The molecule has 0 fully saturated rings. The molecule has 0 spiro atoms. The fraction of sp³-hybridized carbons (Fsp3) is 0.444. The highest BCUT2D eigenvalue weighted by Crippen LogP contribution is 2.26. The van der Waals surface area contributed by atoms with Crippen LogP contribution in [0.4, 0.5) is 5.69 Å². The lowest BCUT2D eigenvalue weighted by Crippen LogP contribution is -2.32. The van der Waals surface area contributed by atoms with Crippen LogP contribution in [-0.2, 0) is 13.1 Å². The van der Waals surface area contributed by atoms with Gasteiger partial charge < -0.3 is 10.2 Å². The molecule has 0 aliphatic heterocycles. The van der Waals surface area contributed by atoms with E-state index in [0.717, 1.165) is 13.1 Å². The zero-order chi connectivity index (χ0) is 15.2. The monoisotopic (exact) mass is 302 g/mol. The molecule has 0 amide bonds. The predicted molar refractivity (Wildman–Crippen MR) is 94.1 cm³/mol. The van der Waals surface area contributed by atoms with Gasteiger partial charge in [-0.1, -0.05) is 38.1 Å². The van der Waals surface area contributed by atoms with Gasteiger partial charge in [0.1, 0.15) is 0 Å². The summed E-state index contributed by atoms with van der Waals surface area (Å²) in [6, 6.07) is 14.1. The molecule has 0 aliphatic rings. The fourth-order valence-corrected chi connectivity index (χ4v) is 3.07. The lowest BCUT2D eigenvalue weighted by Gasteiger charge is -2.31. The number of thiophene rings is 1. The number of hydrogen-bond donors (Lipinski definition) is 1. The molecule has 21 heavy (non-hydrogen) atoms. The first-order valence-electron chi connectivity index (χ1n) is 7.68. The van der Waals surface area contributed by atoms with Crippen LogP contribution in [0, 0.1) is 0 Å². The lowest BCUT2D eigenvalue weighted by atomic mass is 10.1. The summed E-state index contributed by atoms with van der Waals surface area (Å²) in [5, 5.41) is 5.68. The van der Waals surface area contributed by atoms with Crippen molar-refractivity contribution >= 4 is 17.0 Å². The minimum Gasteiger partial charge on any atom is -0.364 e. The maximum Gasteiger partial charge on any atom is 0.0525 e. The first-order chi connectivity index (χ1) is 10.1. The second-order valence-corrected chi connectivity index (χ2v) is 7.00. The molecule has 2 rings (SSSR count). The van der Waals surface area contributed by atoms with Gasteiger partial charge in [-0.25, -0.2) is 0 Å². The smallest absolute Gasteiger partial charge is 0.0525 e. The number of rotatable bonds is 7. The second-order valence-electron chi connectivity index (χ2n) is 5.97. The van der Waals surface area contributed by atoms with Crippen LogP contribution < -0.4 is 10.2 Å². The van der Waals surface area contributed by atoms with Crippen LogP contribution in [0.5, 0.6) is 0 Å². The number of anilines is 1. The van der Waals surface area contributed by atoms with Gasteiger partial charge in [-0.3, -0.25) is 0 Å². The van der Waals surface area contributed by atoms with E-state index in [0.29, 0.717) is 12.1 Å². The van der Waals surface area contributed by atoms with E-state index in [1.807, 2.05) is 11.3 Å². The van der Waals surface area contributed by atoms with Crippen molar-refractivity contribution in [2.45, 2.75) is 52.9 Å². The molecule has 0 bridgehead atoms. The Balaban J connectivity index is 2.23. The second kappa shape index (κ2) is 7.62. The molecule has 2 nitrogen and oxygen atoms in total. The third-order valence-corrected chi connectivity index (χ3v) is 4.39. The fourth-order valence-electron chi connectivity index (χ4n) is 2.37. The number of nitrogens with one attached hydrogen (secondary N) is 1. The van der Waals surface area contributed by atoms with Crippen LogP contribution in [0.1, 0.15) is 38.1 Å². The third kappa shape index (κ3) is 4.58. The van der Waals surface area contributed by atoms with Crippen LogP contribution >= 0.6 is 11.3 Å². The van der Waals surface area contributed by atoms with Crippen LogP contribution in [-0.4, -0.2) is 12.1 Å². The molecule has 2 aromatic rings. The van der Waals surface area contributed by atoms with E-state index >= 15 is 0 Å². The summed E-state index contributed by atoms with van der Waals surface area (Å²) in [7, 11) is 0. The zero-order valence-electron chi connectivity index (χ0n) is 13.5. The van der Waals surface area contributed by atoms with E-state index in [4.69, 9.17) is 0 Å². The predicted octanol–water partition coefficient (Wildman–Crippen LogP) is 4.66. The molecule has 0 atom stereocenters. The van der Waals surface area contributed by atoms with Crippen molar-refractivity contribution in [2.24, 2.45) is 0 Å². The Labute approximate surface area is 132 Å². The maximum atomic E-state index is 3.53. The van der Waals surface area contributed by atoms with Crippen LogP contribution in [0.15, 0.2) is 41.8 Å².